The Bertz CT molecular complexity index is 583. The highest BCUT2D eigenvalue weighted by Crippen LogP contribution is 2.36. The van der Waals surface area contributed by atoms with Gasteiger partial charge in [-0.3, -0.25) is 9.59 Å². The molecular weight excluding hydrogens is 314 g/mol. The third-order valence-electron chi connectivity index (χ3n) is 4.88. The van der Waals surface area contributed by atoms with E-state index in [4.69, 9.17) is 0 Å². The van der Waals surface area contributed by atoms with Gasteiger partial charge in [0.1, 0.15) is 0 Å². The molecule has 2 atom stereocenters. The summed E-state index contributed by atoms with van der Waals surface area (Å²) in [7, 11) is 4.06. The summed E-state index contributed by atoms with van der Waals surface area (Å²) < 4.78 is 0. The third-order valence-corrected chi connectivity index (χ3v) is 4.88. The Labute approximate surface area is 151 Å². The van der Waals surface area contributed by atoms with Crippen LogP contribution in [0.5, 0.6) is 0 Å². The van der Waals surface area contributed by atoms with Crippen molar-refractivity contribution in [3.05, 3.63) is 35.4 Å². The van der Waals surface area contributed by atoms with Crippen molar-refractivity contribution in [3.63, 3.8) is 0 Å². The summed E-state index contributed by atoms with van der Waals surface area (Å²) in [5.74, 6) is 0.0275. The van der Waals surface area contributed by atoms with Gasteiger partial charge in [-0.15, -0.1) is 0 Å². The van der Waals surface area contributed by atoms with Crippen LogP contribution in [0.2, 0.25) is 0 Å². The zero-order valence-corrected chi connectivity index (χ0v) is 15.9. The van der Waals surface area contributed by atoms with E-state index in [0.717, 1.165) is 18.5 Å². The topological polar surface area (TPSA) is 52.7 Å². The van der Waals surface area contributed by atoms with E-state index in [-0.39, 0.29) is 23.8 Å². The van der Waals surface area contributed by atoms with Crippen molar-refractivity contribution < 1.29 is 9.59 Å². The van der Waals surface area contributed by atoms with E-state index >= 15 is 0 Å². The molecule has 1 saturated heterocycles. The van der Waals surface area contributed by atoms with Gasteiger partial charge in [-0.05, 0) is 52.9 Å². The van der Waals surface area contributed by atoms with Crippen LogP contribution in [-0.2, 0) is 9.59 Å². The number of carbonyl (C=O) groups excluding carboxylic acids is 2. The summed E-state index contributed by atoms with van der Waals surface area (Å²) in [5, 5.41) is 3.07. The van der Waals surface area contributed by atoms with Crippen molar-refractivity contribution in [1.82, 2.24) is 15.1 Å². The van der Waals surface area contributed by atoms with E-state index in [1.807, 2.05) is 57.1 Å². The van der Waals surface area contributed by atoms with Crippen LogP contribution in [0.1, 0.15) is 43.4 Å². The first-order valence-corrected chi connectivity index (χ1v) is 9.22. The third kappa shape index (κ3) is 5.05. The van der Waals surface area contributed by atoms with Gasteiger partial charge in [0.2, 0.25) is 11.8 Å². The summed E-state index contributed by atoms with van der Waals surface area (Å²) >= 11 is 0. The quantitative estimate of drug-likeness (QED) is 0.772. The number of piperidine rings is 1. The minimum atomic E-state index is -0.181. The zero-order valence-electron chi connectivity index (χ0n) is 15.9. The van der Waals surface area contributed by atoms with Gasteiger partial charge in [0.05, 0.1) is 12.0 Å². The lowest BCUT2D eigenvalue weighted by Gasteiger charge is -2.40. The zero-order chi connectivity index (χ0) is 18.4. The molecule has 5 heteroatoms. The minimum absolute atomic E-state index is 0.0651. The molecule has 2 rings (SSSR count). The molecule has 138 valence electrons. The maximum absolute atomic E-state index is 12.8. The SMILES string of the molecule is CCN1C(=O)CC[C@@H](C(=O)NCCCN(C)C)[C@@H]1c1ccc(C)cc1. The molecule has 0 aromatic heterocycles. The Kier molecular flexibility index (Phi) is 7.00. The number of nitrogens with one attached hydrogen (secondary N) is 1. The van der Waals surface area contributed by atoms with E-state index in [0.29, 0.717) is 25.9 Å². The highest BCUT2D eigenvalue weighted by Gasteiger charge is 2.39. The Hall–Kier alpha value is -1.88. The van der Waals surface area contributed by atoms with Crippen molar-refractivity contribution >= 4 is 11.8 Å². The van der Waals surface area contributed by atoms with Gasteiger partial charge in [-0.2, -0.15) is 0 Å². The standard InChI is InChI=1S/C20H31N3O2/c1-5-23-18(24)12-11-17(20(25)21-13-6-14-22(3)4)19(23)16-9-7-15(2)8-10-16/h7-10,17,19H,5-6,11-14H2,1-4H3,(H,21,25)/t17-,19+/m1/s1. The van der Waals surface area contributed by atoms with E-state index < -0.39 is 0 Å². The van der Waals surface area contributed by atoms with Crippen LogP contribution in [0.3, 0.4) is 0 Å². The van der Waals surface area contributed by atoms with Gasteiger partial charge in [0.25, 0.3) is 0 Å². The molecular formula is C20H31N3O2. The van der Waals surface area contributed by atoms with E-state index in [2.05, 4.69) is 10.2 Å². The molecule has 1 aromatic rings. The average molecular weight is 345 g/mol. The molecule has 1 N–H and O–H groups in total. The number of aryl methyl sites for hydroxylation is 1. The van der Waals surface area contributed by atoms with E-state index in [1.165, 1.54) is 5.56 Å². The number of nitrogens with zero attached hydrogens (tertiary/aromatic N) is 2. The first-order chi connectivity index (χ1) is 11.9. The van der Waals surface area contributed by atoms with Crippen molar-refractivity contribution in [2.75, 3.05) is 33.7 Å². The summed E-state index contributed by atoms with van der Waals surface area (Å²) in [4.78, 5) is 29.1. The summed E-state index contributed by atoms with van der Waals surface area (Å²) in [6.45, 7) is 6.28. The second-order valence-corrected chi connectivity index (χ2v) is 7.13. The fraction of sp³-hybridized carbons (Fsp3) is 0.600. The van der Waals surface area contributed by atoms with E-state index in [1.54, 1.807) is 0 Å². The Morgan fingerprint density at radius 3 is 2.56 bits per heavy atom. The summed E-state index contributed by atoms with van der Waals surface area (Å²) in [5.41, 5.74) is 2.23. The minimum Gasteiger partial charge on any atom is -0.356 e. The average Bonchev–Trinajstić information content (AvgIpc) is 2.58. The van der Waals surface area contributed by atoms with Gasteiger partial charge >= 0.3 is 0 Å². The highest BCUT2D eigenvalue weighted by atomic mass is 16.2. The molecule has 0 bridgehead atoms. The molecule has 0 radical (unpaired) electrons. The van der Waals surface area contributed by atoms with Crippen LogP contribution < -0.4 is 5.32 Å². The molecule has 25 heavy (non-hydrogen) atoms. The molecule has 0 saturated carbocycles. The lowest BCUT2D eigenvalue weighted by Crippen LogP contribution is -2.48. The molecule has 0 aliphatic carbocycles. The molecule has 2 amide bonds. The van der Waals surface area contributed by atoms with Crippen LogP contribution in [0.15, 0.2) is 24.3 Å². The monoisotopic (exact) mass is 345 g/mol. The summed E-state index contributed by atoms with van der Waals surface area (Å²) in [6, 6.07) is 8.03. The number of amides is 2. The van der Waals surface area contributed by atoms with Gasteiger partial charge in [-0.1, -0.05) is 29.8 Å². The molecule has 5 nitrogen and oxygen atoms in total. The number of hydrogen-bond acceptors (Lipinski definition) is 3. The van der Waals surface area contributed by atoms with Crippen LogP contribution in [0.4, 0.5) is 0 Å². The van der Waals surface area contributed by atoms with Crippen molar-refractivity contribution in [1.29, 1.82) is 0 Å². The second kappa shape index (κ2) is 8.99. The van der Waals surface area contributed by atoms with Gasteiger partial charge in [-0.25, -0.2) is 0 Å². The number of hydrogen-bond donors (Lipinski definition) is 1. The summed E-state index contributed by atoms with van der Waals surface area (Å²) in [6.07, 6.45) is 2.00. The number of likely N-dealkylation sites (tertiary alicyclic amines) is 1. The maximum Gasteiger partial charge on any atom is 0.225 e. The lowest BCUT2D eigenvalue weighted by molar-refractivity contribution is -0.143. The van der Waals surface area contributed by atoms with E-state index in [9.17, 15) is 9.59 Å². The fourth-order valence-electron chi connectivity index (χ4n) is 3.51. The molecule has 1 aliphatic rings. The van der Waals surface area contributed by atoms with Crippen LogP contribution >= 0.6 is 0 Å². The molecule has 1 aliphatic heterocycles. The Morgan fingerprint density at radius 1 is 1.28 bits per heavy atom. The molecule has 1 aromatic carbocycles. The normalized spacial score (nSPS) is 20.8. The van der Waals surface area contributed by atoms with Crippen LogP contribution in [-0.4, -0.2) is 55.3 Å². The smallest absolute Gasteiger partial charge is 0.225 e. The highest BCUT2D eigenvalue weighted by molar-refractivity contribution is 5.85. The molecule has 1 fully saturated rings. The van der Waals surface area contributed by atoms with Crippen LogP contribution in [0.25, 0.3) is 0 Å². The predicted octanol–water partition coefficient (Wildman–Crippen LogP) is 2.36. The number of carbonyl (C=O) groups is 2. The van der Waals surface area contributed by atoms with Crippen molar-refractivity contribution in [2.24, 2.45) is 5.92 Å². The van der Waals surface area contributed by atoms with Crippen molar-refractivity contribution in [2.45, 2.75) is 39.2 Å². The first-order valence-electron chi connectivity index (χ1n) is 9.22. The second-order valence-electron chi connectivity index (χ2n) is 7.13. The number of rotatable bonds is 7. The van der Waals surface area contributed by atoms with Gasteiger partial charge in [0.15, 0.2) is 0 Å². The maximum atomic E-state index is 12.8. The molecule has 1 heterocycles. The first kappa shape index (κ1) is 19.4. The van der Waals surface area contributed by atoms with Crippen molar-refractivity contribution in [3.8, 4) is 0 Å². The molecule has 0 spiro atoms. The Balaban J connectivity index is 2.14. The lowest BCUT2D eigenvalue weighted by atomic mass is 9.83. The van der Waals surface area contributed by atoms with Gasteiger partial charge in [0, 0.05) is 19.5 Å². The largest absolute Gasteiger partial charge is 0.356 e. The Morgan fingerprint density at radius 2 is 1.96 bits per heavy atom. The van der Waals surface area contributed by atoms with Gasteiger partial charge < -0.3 is 15.1 Å². The number of benzene rings is 1. The fourth-order valence-corrected chi connectivity index (χ4v) is 3.51. The van der Waals surface area contributed by atoms with Crippen LogP contribution in [0, 0.1) is 12.8 Å². The predicted molar refractivity (Wildman–Crippen MR) is 100 cm³/mol. The molecule has 0 unspecified atom stereocenters.